The second-order valence-corrected chi connectivity index (χ2v) is 11.2. The SMILES string of the molecule is Cn1cc(C(=O)NNC(=O)Nc2cn(Cc3cccc(CNC(=O)OC(C)(C)C)c3)c3ccc(F)cc23)c2ccccc21. The molecule has 2 heterocycles. The number of aromatic nitrogens is 2. The molecule has 0 unspecified atom stereocenters. The zero-order valence-electron chi connectivity index (χ0n) is 24.3. The van der Waals surface area contributed by atoms with E-state index in [0.29, 0.717) is 28.7 Å². The maximum Gasteiger partial charge on any atom is 0.407 e. The van der Waals surface area contributed by atoms with Crippen molar-refractivity contribution >= 4 is 45.5 Å². The molecule has 5 aromatic rings. The number of ether oxygens (including phenoxy) is 1. The molecule has 0 saturated heterocycles. The Morgan fingerprint density at radius 2 is 1.63 bits per heavy atom. The van der Waals surface area contributed by atoms with Gasteiger partial charge in [-0.3, -0.25) is 10.2 Å². The normalized spacial score (nSPS) is 11.4. The van der Waals surface area contributed by atoms with Gasteiger partial charge in [0.05, 0.1) is 16.8 Å². The van der Waals surface area contributed by atoms with Gasteiger partial charge in [0, 0.05) is 48.8 Å². The summed E-state index contributed by atoms with van der Waals surface area (Å²) >= 11 is 0. The van der Waals surface area contributed by atoms with Crippen LogP contribution >= 0.6 is 0 Å². The van der Waals surface area contributed by atoms with Crippen molar-refractivity contribution in [1.82, 2.24) is 25.3 Å². The second kappa shape index (κ2) is 11.9. The van der Waals surface area contributed by atoms with Gasteiger partial charge in [0.2, 0.25) is 0 Å². The zero-order chi connectivity index (χ0) is 30.7. The molecule has 4 N–H and O–H groups in total. The lowest BCUT2D eigenvalue weighted by molar-refractivity contribution is 0.0523. The number of anilines is 1. The van der Waals surface area contributed by atoms with Gasteiger partial charge < -0.3 is 24.5 Å². The van der Waals surface area contributed by atoms with E-state index in [4.69, 9.17) is 4.74 Å². The number of carbonyl (C=O) groups is 3. The number of fused-ring (bicyclic) bond motifs is 2. The van der Waals surface area contributed by atoms with Gasteiger partial charge >= 0.3 is 12.1 Å². The molecule has 0 fully saturated rings. The zero-order valence-corrected chi connectivity index (χ0v) is 24.3. The van der Waals surface area contributed by atoms with E-state index in [0.717, 1.165) is 22.0 Å². The molecule has 222 valence electrons. The number of benzene rings is 3. The summed E-state index contributed by atoms with van der Waals surface area (Å²) in [6.45, 7) is 6.11. The topological polar surface area (TPSA) is 118 Å². The van der Waals surface area contributed by atoms with E-state index in [2.05, 4.69) is 21.5 Å². The number of amides is 4. The van der Waals surface area contributed by atoms with Gasteiger partial charge in [0.15, 0.2) is 0 Å². The van der Waals surface area contributed by atoms with Gasteiger partial charge in [0.1, 0.15) is 11.4 Å². The third-order valence-electron chi connectivity index (χ3n) is 6.70. The maximum atomic E-state index is 14.2. The van der Waals surface area contributed by atoms with Crippen molar-refractivity contribution in [3.05, 3.63) is 102 Å². The number of alkyl carbamates (subject to hydrolysis) is 1. The Labute approximate surface area is 247 Å². The second-order valence-electron chi connectivity index (χ2n) is 11.2. The number of nitrogens with zero attached hydrogens (tertiary/aromatic N) is 2. The predicted molar refractivity (Wildman–Crippen MR) is 163 cm³/mol. The Morgan fingerprint density at radius 3 is 2.42 bits per heavy atom. The lowest BCUT2D eigenvalue weighted by Gasteiger charge is -2.19. The van der Waals surface area contributed by atoms with Gasteiger partial charge in [-0.1, -0.05) is 42.5 Å². The van der Waals surface area contributed by atoms with Gasteiger partial charge in [-0.15, -0.1) is 0 Å². The summed E-state index contributed by atoms with van der Waals surface area (Å²) < 4.78 is 23.2. The standard InChI is InChI=1S/C32H33FN6O4/c1-32(2,3)43-31(42)34-16-20-8-7-9-21(14-20)17-39-19-26(24-15-22(33)12-13-28(24)39)35-30(41)37-36-29(40)25-18-38(4)27-11-6-5-10-23(25)27/h5-15,18-19H,16-17H2,1-4H3,(H,34,42)(H,36,40)(H2,35,37,41). The number of para-hydroxylation sites is 1. The monoisotopic (exact) mass is 584 g/mol. The molecule has 3 aromatic carbocycles. The van der Waals surface area contributed by atoms with E-state index in [9.17, 15) is 18.8 Å². The van der Waals surface area contributed by atoms with Crippen molar-refractivity contribution in [2.24, 2.45) is 7.05 Å². The fourth-order valence-electron chi connectivity index (χ4n) is 4.88. The molecule has 11 heteroatoms. The number of rotatable bonds is 6. The van der Waals surface area contributed by atoms with Crippen LogP contribution < -0.4 is 21.5 Å². The molecule has 0 saturated carbocycles. The smallest absolute Gasteiger partial charge is 0.407 e. The summed E-state index contributed by atoms with van der Waals surface area (Å²) in [6.07, 6.45) is 2.90. The molecule has 0 spiro atoms. The fraction of sp³-hybridized carbons (Fsp3) is 0.219. The third-order valence-corrected chi connectivity index (χ3v) is 6.70. The summed E-state index contributed by atoms with van der Waals surface area (Å²) in [7, 11) is 1.84. The van der Waals surface area contributed by atoms with Crippen molar-refractivity contribution in [2.75, 3.05) is 5.32 Å². The number of nitrogens with one attached hydrogen (secondary N) is 4. The number of hydrogen-bond acceptors (Lipinski definition) is 4. The van der Waals surface area contributed by atoms with Crippen LogP contribution in [0.1, 0.15) is 42.3 Å². The predicted octanol–water partition coefficient (Wildman–Crippen LogP) is 5.81. The number of halogens is 1. The summed E-state index contributed by atoms with van der Waals surface area (Å²) in [6, 6.07) is 18.8. The first kappa shape index (κ1) is 29.2. The highest BCUT2D eigenvalue weighted by molar-refractivity contribution is 6.08. The van der Waals surface area contributed by atoms with E-state index in [1.807, 2.05) is 64.7 Å². The number of hydrazine groups is 1. The van der Waals surface area contributed by atoms with Crippen LogP contribution in [0, 0.1) is 5.82 Å². The molecule has 0 aliphatic heterocycles. The van der Waals surface area contributed by atoms with Gasteiger partial charge in [-0.05, 0) is 56.2 Å². The van der Waals surface area contributed by atoms with Crippen molar-refractivity contribution in [1.29, 1.82) is 0 Å². The molecule has 0 bridgehead atoms. The lowest BCUT2D eigenvalue weighted by atomic mass is 10.1. The highest BCUT2D eigenvalue weighted by atomic mass is 19.1. The van der Waals surface area contributed by atoms with Crippen molar-refractivity contribution in [3.8, 4) is 0 Å². The Bertz CT molecular complexity index is 1840. The molecule has 2 aromatic heterocycles. The van der Waals surface area contributed by atoms with Gasteiger partial charge in [0.25, 0.3) is 5.91 Å². The van der Waals surface area contributed by atoms with Gasteiger partial charge in [-0.2, -0.15) is 0 Å². The quantitative estimate of drug-likeness (QED) is 0.188. The number of urea groups is 1. The van der Waals surface area contributed by atoms with E-state index in [-0.39, 0.29) is 6.54 Å². The van der Waals surface area contributed by atoms with Crippen molar-refractivity contribution in [2.45, 2.75) is 39.5 Å². The average Bonchev–Trinajstić information content (AvgIpc) is 3.46. The minimum atomic E-state index is -0.688. The van der Waals surface area contributed by atoms with Crippen LogP contribution in [0.25, 0.3) is 21.8 Å². The molecule has 0 aliphatic carbocycles. The summed E-state index contributed by atoms with van der Waals surface area (Å²) in [5, 5.41) is 6.72. The average molecular weight is 585 g/mol. The van der Waals surface area contributed by atoms with Crippen LogP contribution in [-0.2, 0) is 24.9 Å². The molecule has 0 radical (unpaired) electrons. The molecule has 43 heavy (non-hydrogen) atoms. The first-order valence-corrected chi connectivity index (χ1v) is 13.7. The van der Waals surface area contributed by atoms with Crippen LogP contribution in [-0.4, -0.2) is 32.8 Å². The van der Waals surface area contributed by atoms with Crippen LogP contribution in [0.4, 0.5) is 19.7 Å². The molecular formula is C32H33FN6O4. The largest absolute Gasteiger partial charge is 0.444 e. The molecule has 0 aliphatic rings. The van der Waals surface area contributed by atoms with E-state index >= 15 is 0 Å². The van der Waals surface area contributed by atoms with Crippen LogP contribution in [0.15, 0.2) is 79.1 Å². The highest BCUT2D eigenvalue weighted by Gasteiger charge is 2.17. The summed E-state index contributed by atoms with van der Waals surface area (Å²) in [5.41, 5.74) is 8.41. The number of hydrogen-bond donors (Lipinski definition) is 4. The van der Waals surface area contributed by atoms with Crippen LogP contribution in [0.5, 0.6) is 0 Å². The van der Waals surface area contributed by atoms with Crippen molar-refractivity contribution in [3.63, 3.8) is 0 Å². The van der Waals surface area contributed by atoms with Crippen LogP contribution in [0.2, 0.25) is 0 Å². The van der Waals surface area contributed by atoms with E-state index < -0.39 is 29.4 Å². The minimum Gasteiger partial charge on any atom is -0.444 e. The van der Waals surface area contributed by atoms with Gasteiger partial charge in [-0.25, -0.2) is 19.4 Å². The highest BCUT2D eigenvalue weighted by Crippen LogP contribution is 2.28. The maximum absolute atomic E-state index is 14.2. The van der Waals surface area contributed by atoms with E-state index in [1.54, 1.807) is 39.2 Å². The van der Waals surface area contributed by atoms with Crippen molar-refractivity contribution < 1.29 is 23.5 Å². The Balaban J connectivity index is 1.27. The molecular weight excluding hydrogens is 551 g/mol. The number of carbonyl (C=O) groups excluding carboxylic acids is 3. The number of aryl methyl sites for hydroxylation is 1. The molecule has 5 rings (SSSR count). The first-order chi connectivity index (χ1) is 20.5. The Morgan fingerprint density at radius 1 is 0.860 bits per heavy atom. The molecule has 0 atom stereocenters. The minimum absolute atomic E-state index is 0.290. The molecule has 4 amide bonds. The first-order valence-electron chi connectivity index (χ1n) is 13.7. The lowest BCUT2D eigenvalue weighted by Crippen LogP contribution is -2.43. The fourth-order valence-corrected chi connectivity index (χ4v) is 4.88. The molecule has 10 nitrogen and oxygen atoms in total. The van der Waals surface area contributed by atoms with Crippen LogP contribution in [0.3, 0.4) is 0 Å². The summed E-state index contributed by atoms with van der Waals surface area (Å²) in [5.74, 6) is -0.922. The summed E-state index contributed by atoms with van der Waals surface area (Å²) in [4.78, 5) is 37.6. The Hall–Kier alpha value is -5.32. The third kappa shape index (κ3) is 6.95. The Kier molecular flexibility index (Phi) is 8.07. The van der Waals surface area contributed by atoms with E-state index in [1.165, 1.54) is 12.1 Å².